The minimum absolute atomic E-state index is 0.00497. The lowest BCUT2D eigenvalue weighted by atomic mass is 10.0. The highest BCUT2D eigenvalue weighted by Gasteiger charge is 2.38. The topological polar surface area (TPSA) is 584 Å². The number of hydrogen-bond acceptors (Lipinski definition) is 36. The van der Waals surface area contributed by atoms with E-state index in [2.05, 4.69) is 40.8 Å². The molecule has 2 unspecified atom stereocenters. The van der Waals surface area contributed by atoms with Crippen LogP contribution < -0.4 is 50.3 Å². The molecule has 58 heteroatoms. The number of esters is 5. The van der Waals surface area contributed by atoms with E-state index in [1.807, 2.05) is 0 Å². The molecule has 0 spiro atoms. The van der Waals surface area contributed by atoms with Crippen LogP contribution in [0.1, 0.15) is 115 Å². The number of ether oxygens (including phenoxy) is 11. The van der Waals surface area contributed by atoms with Gasteiger partial charge in [-0.05, 0) is 179 Å². The third kappa shape index (κ3) is 44.0. The lowest BCUT2D eigenvalue weighted by Gasteiger charge is -2.15. The van der Waals surface area contributed by atoms with Gasteiger partial charge in [0, 0.05) is 93.1 Å². The molecule has 0 bridgehead atoms. The molecule has 0 aliphatic rings. The zero-order valence-corrected chi connectivity index (χ0v) is 82.4. The van der Waals surface area contributed by atoms with Crippen LogP contribution in [0, 0.1) is 23.3 Å². The number of rotatable bonds is 36. The van der Waals surface area contributed by atoms with Gasteiger partial charge in [0.1, 0.15) is 111 Å². The molecule has 0 fully saturated rings. The van der Waals surface area contributed by atoms with Gasteiger partial charge in [0.25, 0.3) is 6.47 Å². The van der Waals surface area contributed by atoms with Crippen LogP contribution in [-0.4, -0.2) is 224 Å². The van der Waals surface area contributed by atoms with E-state index in [0.717, 1.165) is 98.2 Å². The molecule has 0 aliphatic heterocycles. The van der Waals surface area contributed by atoms with Gasteiger partial charge in [-0.25, -0.2) is 84.7 Å². The SMILES string of the molecule is CC(=O)N[C@@H](CSC(=O)Oc1ccc(-c2ccc(F)cc2F)cc1C(=O)OCc1ccccc1)C(=O)O.COC(=O)c1cc(-c2ccc(F)cc2F)ccc1OC(=O)SCCC(NC(C)=O)OC=O.COC(=O)c1ccc(C(F)(F)F)cc1OC(=O)SCC(NC(C)=O)C(=O)O.COC(=O)c1ccc(C(F)(F)F)cc1OC(=O)SC[C@@H](NC(C)=O)C(=O)O.COC(=O)c1ccc(C(F)(F)F)cc1OC(=O)SC[C@H](NC(C)=O)C(=O)O. The summed E-state index contributed by atoms with van der Waals surface area (Å²) in [7, 11) is 4.10. The van der Waals surface area contributed by atoms with Crippen molar-refractivity contribution in [1.82, 2.24) is 26.6 Å². The van der Waals surface area contributed by atoms with Gasteiger partial charge in [-0.3, -0.25) is 28.8 Å². The van der Waals surface area contributed by atoms with Gasteiger partial charge in [0.05, 0.1) is 45.1 Å². The second-order valence-corrected chi connectivity index (χ2v) is 33.6. The third-order valence-corrected chi connectivity index (χ3v) is 21.8. The highest BCUT2D eigenvalue weighted by atomic mass is 32.2. The molecule has 806 valence electrons. The van der Waals surface area contributed by atoms with E-state index in [1.54, 1.807) is 30.3 Å². The van der Waals surface area contributed by atoms with E-state index in [1.165, 1.54) is 55.5 Å². The van der Waals surface area contributed by atoms with Crippen LogP contribution in [-0.2, 0) is 102 Å². The molecule has 150 heavy (non-hydrogen) atoms. The van der Waals surface area contributed by atoms with Crippen molar-refractivity contribution in [2.45, 2.75) is 96.6 Å². The van der Waals surface area contributed by atoms with Gasteiger partial charge in [0.15, 0.2) is 6.23 Å². The summed E-state index contributed by atoms with van der Waals surface area (Å²) in [4.78, 5) is 230. The maximum Gasteiger partial charge on any atom is 0.416 e. The summed E-state index contributed by atoms with van der Waals surface area (Å²) in [6, 6.07) is 22.6. The van der Waals surface area contributed by atoms with E-state index in [0.29, 0.717) is 101 Å². The molecule has 0 saturated carbocycles. The minimum atomic E-state index is -4.75. The van der Waals surface area contributed by atoms with Crippen molar-refractivity contribution < 1.29 is 225 Å². The van der Waals surface area contributed by atoms with Gasteiger partial charge in [0.2, 0.25) is 29.5 Å². The van der Waals surface area contributed by atoms with Gasteiger partial charge >= 0.3 is 98.8 Å². The van der Waals surface area contributed by atoms with Crippen LogP contribution in [0.2, 0.25) is 0 Å². The second-order valence-electron chi connectivity index (χ2n) is 28.8. The zero-order chi connectivity index (χ0) is 113. The van der Waals surface area contributed by atoms with Crippen molar-refractivity contribution in [3.05, 3.63) is 231 Å². The molecule has 0 aliphatic carbocycles. The number of nitrogens with one attached hydrogen (secondary N) is 5. The summed E-state index contributed by atoms with van der Waals surface area (Å²) >= 11 is 2.10. The Morgan fingerprint density at radius 2 is 0.620 bits per heavy atom. The molecule has 9 N–H and O–H groups in total. The molecular formula is C92H82F13N5O35S5. The smallest absolute Gasteiger partial charge is 0.416 e. The molecule has 8 aromatic carbocycles. The third-order valence-electron chi connectivity index (χ3n) is 17.7. The molecule has 0 radical (unpaired) electrons. The number of carboxylic acids is 4. The number of carbonyl (C=O) groups excluding carboxylic acids is 16. The monoisotopic (exact) mass is 2220 g/mol. The Labute approximate surface area is 858 Å². The summed E-state index contributed by atoms with van der Waals surface area (Å²) in [5.41, 5.74) is -3.89. The Morgan fingerprint density at radius 1 is 0.333 bits per heavy atom. The summed E-state index contributed by atoms with van der Waals surface area (Å²) in [6.07, 6.45) is -15.0. The van der Waals surface area contributed by atoms with Gasteiger partial charge in [-0.1, -0.05) is 42.5 Å². The van der Waals surface area contributed by atoms with Crippen LogP contribution in [0.25, 0.3) is 22.3 Å². The van der Waals surface area contributed by atoms with Gasteiger partial charge < -0.3 is 99.1 Å². The average Bonchev–Trinajstić information content (AvgIpc) is 0.962. The first-order valence-electron chi connectivity index (χ1n) is 41.2. The molecule has 8 aromatic rings. The number of amides is 5. The van der Waals surface area contributed by atoms with E-state index < -0.39 is 250 Å². The molecular weight excluding hydrogens is 2140 g/mol. The first kappa shape index (κ1) is 126. The Morgan fingerprint density at radius 3 is 0.893 bits per heavy atom. The lowest BCUT2D eigenvalue weighted by molar-refractivity contribution is -0.141. The Hall–Kier alpha value is -16.0. The van der Waals surface area contributed by atoms with E-state index in [-0.39, 0.29) is 75.9 Å². The minimum Gasteiger partial charge on any atom is -0.480 e. The summed E-state index contributed by atoms with van der Waals surface area (Å²) in [5, 5.41) is 41.6. The number of carbonyl (C=O) groups is 20. The van der Waals surface area contributed by atoms with Crippen LogP contribution in [0.15, 0.2) is 158 Å². The first-order valence-corrected chi connectivity index (χ1v) is 46.1. The molecule has 8 rings (SSSR count). The van der Waals surface area contributed by atoms with Crippen molar-refractivity contribution in [2.24, 2.45) is 0 Å². The van der Waals surface area contributed by atoms with Crippen LogP contribution in [0.5, 0.6) is 28.7 Å². The fourth-order valence-corrected chi connectivity index (χ4v) is 14.4. The summed E-state index contributed by atoms with van der Waals surface area (Å²) in [6.45, 7) is 5.69. The van der Waals surface area contributed by atoms with Gasteiger partial charge in [-0.2, -0.15) is 39.5 Å². The Balaban J connectivity index is 0.000000393. The highest BCUT2D eigenvalue weighted by molar-refractivity contribution is 8.14. The number of alkyl halides is 9. The maximum atomic E-state index is 14.4. The average molecular weight is 2220 g/mol. The second kappa shape index (κ2) is 60.9. The maximum absolute atomic E-state index is 14.4. The molecule has 40 nitrogen and oxygen atoms in total. The van der Waals surface area contributed by atoms with Crippen molar-refractivity contribution in [2.75, 3.05) is 57.2 Å². The normalized spacial score (nSPS) is 11.7. The highest BCUT2D eigenvalue weighted by Crippen LogP contribution is 2.40. The van der Waals surface area contributed by atoms with Crippen molar-refractivity contribution in [1.29, 1.82) is 0 Å². The molecule has 0 aromatic heterocycles. The first-order chi connectivity index (χ1) is 70.2. The number of aliphatic carboxylic acids is 4. The predicted octanol–water partition coefficient (Wildman–Crippen LogP) is 15.4. The van der Waals surface area contributed by atoms with Crippen molar-refractivity contribution in [3.63, 3.8) is 0 Å². The largest absolute Gasteiger partial charge is 0.480 e. The molecule has 0 heterocycles. The standard InChI is InChI=1S/C26H21F2NO7S.C21H19F2NO7S.3C15H14F3NO7S/c1-15(30)29-22(24(31)32)14-37-26(34)36-23-10-7-17(19-9-8-18(27)12-21(19)28)11-20(23)25(33)35-13-16-5-3-2-4-6-16;1-12(26)24-19(30-11-25)7-8-32-21(28)31-18-6-3-13(9-16(18)20(27)29-2)15-5-4-14(22)10-17(15)23;3*1-7(20)19-10(12(21)22)6-27-14(24)26-11-5-8(15(16,17)18)3-4-9(11)13(23)25-2/h2-12,22H,13-14H2,1H3,(H,29,30)(H,31,32);3-6,9-11,19H,7-8H2,1-2H3,(H,24,26);3*3-5,10H,6H2,1-2H3,(H,19,20)(H,21,22)/t22-;;2*10-;/m0.10./s1. The van der Waals surface area contributed by atoms with E-state index in [4.69, 9.17) is 53.2 Å². The van der Waals surface area contributed by atoms with Gasteiger partial charge in [-0.15, -0.1) is 0 Å². The van der Waals surface area contributed by atoms with Crippen molar-refractivity contribution in [3.8, 4) is 51.0 Å². The van der Waals surface area contributed by atoms with Crippen molar-refractivity contribution >= 4 is 175 Å². The van der Waals surface area contributed by atoms with E-state index >= 15 is 0 Å². The molecule has 5 amide bonds. The lowest BCUT2D eigenvalue weighted by Crippen LogP contribution is -2.41. The number of thioether (sulfide) groups is 5. The van der Waals surface area contributed by atoms with Crippen LogP contribution in [0.4, 0.5) is 81.0 Å². The predicted molar refractivity (Wildman–Crippen MR) is 502 cm³/mol. The summed E-state index contributed by atoms with van der Waals surface area (Å²) in [5.74, 6) is -20.5. The fourth-order valence-electron chi connectivity index (χ4n) is 11.0. The quantitative estimate of drug-likeness (QED) is 0.00579. The summed E-state index contributed by atoms with van der Waals surface area (Å²) < 4.78 is 223. The number of halogens is 13. The number of benzene rings is 8. The Kier molecular flexibility index (Phi) is 51.3. The number of hydrogen-bond donors (Lipinski definition) is 9. The van der Waals surface area contributed by atoms with Crippen LogP contribution in [0.3, 0.4) is 0 Å². The van der Waals surface area contributed by atoms with E-state index in [9.17, 15) is 158 Å². The Bertz CT molecular complexity index is 5990. The molecule has 0 saturated heterocycles. The molecule has 5 atom stereocenters. The van der Waals surface area contributed by atoms with Crippen LogP contribution >= 0.6 is 58.8 Å². The zero-order valence-electron chi connectivity index (χ0n) is 78.3. The fraction of sp³-hybridized carbons (Fsp3) is 0.261. The number of methoxy groups -OCH3 is 4. The number of carboxylic acid groups (broad SMARTS) is 4.